The second-order valence-electron chi connectivity index (χ2n) is 2.64. The maximum absolute atomic E-state index is 10.9. The second-order valence-corrected chi connectivity index (χ2v) is 2.64. The third kappa shape index (κ3) is 9.30. The summed E-state index contributed by atoms with van der Waals surface area (Å²) >= 11 is 0. The maximum atomic E-state index is 10.9. The van der Waals surface area contributed by atoms with Crippen LogP contribution in [0.3, 0.4) is 0 Å². The predicted octanol–water partition coefficient (Wildman–Crippen LogP) is 2.18. The SMILES string of the molecule is CCN.CCNC(=O)Oc1ccccc1.Cl. The molecule has 16 heavy (non-hydrogen) atoms. The van der Waals surface area contributed by atoms with Gasteiger partial charge >= 0.3 is 6.09 Å². The molecule has 0 unspecified atom stereocenters. The number of carbonyl (C=O) groups is 1. The van der Waals surface area contributed by atoms with E-state index in [0.717, 1.165) is 6.54 Å². The zero-order valence-electron chi connectivity index (χ0n) is 9.60. The lowest BCUT2D eigenvalue weighted by atomic mass is 10.3. The van der Waals surface area contributed by atoms with Gasteiger partial charge in [0, 0.05) is 6.54 Å². The molecule has 0 bridgehead atoms. The van der Waals surface area contributed by atoms with E-state index in [9.17, 15) is 4.79 Å². The molecule has 0 aliphatic rings. The number of benzene rings is 1. The summed E-state index contributed by atoms with van der Waals surface area (Å²) in [5.74, 6) is 0.559. The van der Waals surface area contributed by atoms with E-state index in [1.807, 2.05) is 32.0 Å². The molecular weight excluding hydrogens is 228 g/mol. The third-order valence-corrected chi connectivity index (χ3v) is 1.27. The quantitative estimate of drug-likeness (QED) is 0.841. The average molecular weight is 247 g/mol. The van der Waals surface area contributed by atoms with Crippen molar-refractivity contribution in [3.8, 4) is 5.75 Å². The van der Waals surface area contributed by atoms with Gasteiger partial charge in [-0.15, -0.1) is 12.4 Å². The first-order valence-corrected chi connectivity index (χ1v) is 4.95. The summed E-state index contributed by atoms with van der Waals surface area (Å²) < 4.78 is 4.90. The molecule has 4 nitrogen and oxygen atoms in total. The average Bonchev–Trinajstić information content (AvgIpc) is 2.20. The molecule has 1 aromatic rings. The van der Waals surface area contributed by atoms with Gasteiger partial charge in [-0.1, -0.05) is 25.1 Å². The second kappa shape index (κ2) is 11.8. The largest absolute Gasteiger partial charge is 0.412 e. The van der Waals surface area contributed by atoms with Crippen LogP contribution >= 0.6 is 12.4 Å². The van der Waals surface area contributed by atoms with Gasteiger partial charge in [-0.3, -0.25) is 0 Å². The molecule has 0 heterocycles. The van der Waals surface area contributed by atoms with Crippen molar-refractivity contribution in [3.05, 3.63) is 30.3 Å². The maximum Gasteiger partial charge on any atom is 0.412 e. The Bertz CT molecular complexity index is 268. The molecular formula is C11H19ClN2O2. The third-order valence-electron chi connectivity index (χ3n) is 1.27. The molecule has 92 valence electrons. The number of hydrogen-bond acceptors (Lipinski definition) is 3. The van der Waals surface area contributed by atoms with Gasteiger partial charge in [0.2, 0.25) is 0 Å². The van der Waals surface area contributed by atoms with E-state index in [-0.39, 0.29) is 12.4 Å². The normalized spacial score (nSPS) is 7.94. The van der Waals surface area contributed by atoms with Gasteiger partial charge in [0.15, 0.2) is 0 Å². The molecule has 0 aliphatic carbocycles. The summed E-state index contributed by atoms with van der Waals surface area (Å²) in [6, 6.07) is 8.96. The molecule has 0 radical (unpaired) electrons. The summed E-state index contributed by atoms with van der Waals surface area (Å²) in [5, 5.41) is 2.53. The first kappa shape index (κ1) is 17.1. The lowest BCUT2D eigenvalue weighted by Crippen LogP contribution is -2.26. The number of nitrogens with one attached hydrogen (secondary N) is 1. The number of carbonyl (C=O) groups excluding carboxylic acids is 1. The van der Waals surface area contributed by atoms with Crippen molar-refractivity contribution in [2.75, 3.05) is 13.1 Å². The number of hydrogen-bond donors (Lipinski definition) is 2. The molecule has 5 heteroatoms. The Morgan fingerprint density at radius 1 is 1.31 bits per heavy atom. The lowest BCUT2D eigenvalue weighted by molar-refractivity contribution is 0.201. The van der Waals surface area contributed by atoms with Crippen molar-refractivity contribution in [1.82, 2.24) is 5.32 Å². The monoisotopic (exact) mass is 246 g/mol. The van der Waals surface area contributed by atoms with E-state index < -0.39 is 6.09 Å². The number of rotatable bonds is 2. The van der Waals surface area contributed by atoms with E-state index in [2.05, 4.69) is 5.32 Å². The Balaban J connectivity index is 0. The lowest BCUT2D eigenvalue weighted by Gasteiger charge is -2.02. The van der Waals surface area contributed by atoms with Gasteiger partial charge in [-0.25, -0.2) is 4.79 Å². The van der Waals surface area contributed by atoms with Crippen LogP contribution in [0.1, 0.15) is 13.8 Å². The van der Waals surface area contributed by atoms with Gasteiger partial charge in [0.05, 0.1) is 0 Å². The zero-order valence-corrected chi connectivity index (χ0v) is 10.4. The highest BCUT2D eigenvalue weighted by molar-refractivity contribution is 5.85. The van der Waals surface area contributed by atoms with Crippen LogP contribution in [0.4, 0.5) is 4.79 Å². The van der Waals surface area contributed by atoms with Gasteiger partial charge in [0.1, 0.15) is 5.75 Å². The predicted molar refractivity (Wildman–Crippen MR) is 68.1 cm³/mol. The molecule has 0 saturated heterocycles. The van der Waals surface area contributed by atoms with Crippen LogP contribution in [0.5, 0.6) is 5.75 Å². The number of ether oxygens (including phenoxy) is 1. The molecule has 0 aliphatic heterocycles. The number of nitrogens with two attached hydrogens (primary N) is 1. The fraction of sp³-hybridized carbons (Fsp3) is 0.364. The highest BCUT2D eigenvalue weighted by atomic mass is 35.5. The molecule has 0 aromatic heterocycles. The molecule has 3 N–H and O–H groups in total. The van der Waals surface area contributed by atoms with Crippen LogP contribution in [0, 0.1) is 0 Å². The number of halogens is 1. The fourth-order valence-corrected chi connectivity index (χ4v) is 0.776. The van der Waals surface area contributed by atoms with Gasteiger partial charge < -0.3 is 15.8 Å². The van der Waals surface area contributed by atoms with Crippen molar-refractivity contribution >= 4 is 18.5 Å². The Labute approximate surface area is 103 Å². The van der Waals surface area contributed by atoms with Crippen molar-refractivity contribution in [3.63, 3.8) is 0 Å². The molecule has 0 fully saturated rings. The standard InChI is InChI=1S/C9H11NO2.C2H7N.ClH/c1-2-10-9(11)12-8-6-4-3-5-7-8;1-2-3;/h3-7H,2H2,1H3,(H,10,11);2-3H2,1H3;1H. The van der Waals surface area contributed by atoms with Crippen LogP contribution < -0.4 is 15.8 Å². The number of amides is 1. The summed E-state index contributed by atoms with van der Waals surface area (Å²) in [7, 11) is 0. The fourth-order valence-electron chi connectivity index (χ4n) is 0.776. The first-order chi connectivity index (χ1) is 7.24. The molecule has 1 aromatic carbocycles. The van der Waals surface area contributed by atoms with E-state index >= 15 is 0 Å². The van der Waals surface area contributed by atoms with E-state index in [0.29, 0.717) is 12.3 Å². The summed E-state index contributed by atoms with van der Waals surface area (Å²) in [6.45, 7) is 5.07. The van der Waals surface area contributed by atoms with E-state index in [1.54, 1.807) is 12.1 Å². The van der Waals surface area contributed by atoms with Crippen molar-refractivity contribution in [2.45, 2.75) is 13.8 Å². The van der Waals surface area contributed by atoms with Crippen LogP contribution in [-0.2, 0) is 0 Å². The van der Waals surface area contributed by atoms with Crippen LogP contribution in [0.2, 0.25) is 0 Å². The van der Waals surface area contributed by atoms with E-state index in [4.69, 9.17) is 10.5 Å². The minimum atomic E-state index is -0.413. The molecule has 1 amide bonds. The van der Waals surface area contributed by atoms with Gasteiger partial charge in [0.25, 0.3) is 0 Å². The van der Waals surface area contributed by atoms with Crippen LogP contribution in [0.15, 0.2) is 30.3 Å². The first-order valence-electron chi connectivity index (χ1n) is 4.95. The summed E-state index contributed by atoms with van der Waals surface area (Å²) in [4.78, 5) is 10.9. The van der Waals surface area contributed by atoms with Crippen molar-refractivity contribution in [2.24, 2.45) is 5.73 Å². The Kier molecular flexibility index (Phi) is 12.7. The molecule has 0 atom stereocenters. The molecule has 0 saturated carbocycles. The van der Waals surface area contributed by atoms with Crippen molar-refractivity contribution < 1.29 is 9.53 Å². The Hall–Kier alpha value is -1.26. The minimum absolute atomic E-state index is 0. The van der Waals surface area contributed by atoms with Crippen molar-refractivity contribution in [1.29, 1.82) is 0 Å². The Morgan fingerprint density at radius 3 is 2.25 bits per heavy atom. The van der Waals surface area contributed by atoms with Crippen LogP contribution in [-0.4, -0.2) is 19.2 Å². The number of para-hydroxylation sites is 1. The van der Waals surface area contributed by atoms with E-state index in [1.165, 1.54) is 0 Å². The zero-order chi connectivity index (χ0) is 11.5. The summed E-state index contributed by atoms with van der Waals surface area (Å²) in [5.41, 5.74) is 4.85. The highest BCUT2D eigenvalue weighted by Crippen LogP contribution is 2.07. The van der Waals surface area contributed by atoms with Gasteiger partial charge in [-0.2, -0.15) is 0 Å². The molecule has 0 spiro atoms. The molecule has 1 rings (SSSR count). The minimum Gasteiger partial charge on any atom is -0.410 e. The topological polar surface area (TPSA) is 64.3 Å². The van der Waals surface area contributed by atoms with Gasteiger partial charge in [-0.05, 0) is 25.6 Å². The summed E-state index contributed by atoms with van der Waals surface area (Å²) in [6.07, 6.45) is -0.413. The Morgan fingerprint density at radius 2 is 1.81 bits per heavy atom. The smallest absolute Gasteiger partial charge is 0.410 e. The highest BCUT2D eigenvalue weighted by Gasteiger charge is 1.99. The van der Waals surface area contributed by atoms with Crippen LogP contribution in [0.25, 0.3) is 0 Å².